The fourth-order valence-corrected chi connectivity index (χ4v) is 5.82. The normalized spacial score (nSPS) is 15.7. The van der Waals surface area contributed by atoms with Gasteiger partial charge in [0.2, 0.25) is 10.0 Å². The molecular weight excluding hydrogens is 465 g/mol. The summed E-state index contributed by atoms with van der Waals surface area (Å²) in [5, 5.41) is 11.7. The number of sulfonamides is 1. The van der Waals surface area contributed by atoms with E-state index in [9.17, 15) is 22.9 Å². The number of ketones is 1. The van der Waals surface area contributed by atoms with Gasteiger partial charge in [0.25, 0.3) is 0 Å². The third-order valence-electron chi connectivity index (χ3n) is 5.31. The van der Waals surface area contributed by atoms with E-state index < -0.39 is 32.4 Å². The Morgan fingerprint density at radius 2 is 1.91 bits per heavy atom. The standard InChI is InChI=1S/C23H20FN3O4S2/c1-15-2-4-16(5-3-15)20-14-32-23(26-20)18(13-25)22(28)17-6-7-19(24)21(12-17)33(29,30)27-8-10-31-11-9-27/h2-7,12,14,18H,8-11H2,1H3/t18-/m0/s1. The molecule has 1 atom stereocenters. The molecular formula is C23H20FN3O4S2. The quantitative estimate of drug-likeness (QED) is 0.493. The van der Waals surface area contributed by atoms with Gasteiger partial charge in [0.1, 0.15) is 15.7 Å². The van der Waals surface area contributed by atoms with Gasteiger partial charge >= 0.3 is 0 Å². The number of aromatic nitrogens is 1. The Hall–Kier alpha value is -2.97. The summed E-state index contributed by atoms with van der Waals surface area (Å²) < 4.78 is 46.6. The molecule has 0 N–H and O–H groups in total. The molecule has 0 radical (unpaired) electrons. The number of ether oxygens (including phenoxy) is 1. The van der Waals surface area contributed by atoms with Crippen molar-refractivity contribution in [3.8, 4) is 17.3 Å². The molecule has 1 fully saturated rings. The van der Waals surface area contributed by atoms with Gasteiger partial charge in [-0.2, -0.15) is 9.57 Å². The molecule has 7 nitrogen and oxygen atoms in total. The maximum atomic E-state index is 14.5. The van der Waals surface area contributed by atoms with Crippen LogP contribution in [0, 0.1) is 24.1 Å². The van der Waals surface area contributed by atoms with Crippen LogP contribution in [-0.2, 0) is 14.8 Å². The molecule has 2 aromatic carbocycles. The number of hydrogen-bond donors (Lipinski definition) is 0. The van der Waals surface area contributed by atoms with Crippen LogP contribution in [0.4, 0.5) is 4.39 Å². The van der Waals surface area contributed by atoms with Gasteiger partial charge in [-0.1, -0.05) is 29.8 Å². The fraction of sp³-hybridized carbons (Fsp3) is 0.261. The number of nitriles is 1. The first-order chi connectivity index (χ1) is 15.8. The highest BCUT2D eigenvalue weighted by Crippen LogP contribution is 2.30. The van der Waals surface area contributed by atoms with Crippen LogP contribution in [0.3, 0.4) is 0 Å². The molecule has 0 unspecified atom stereocenters. The van der Waals surface area contributed by atoms with Gasteiger partial charge in [-0.15, -0.1) is 11.3 Å². The second-order valence-electron chi connectivity index (χ2n) is 7.53. The van der Waals surface area contributed by atoms with E-state index in [-0.39, 0.29) is 31.9 Å². The summed E-state index contributed by atoms with van der Waals surface area (Å²) in [6.07, 6.45) is 0. The number of halogens is 1. The first-order valence-electron chi connectivity index (χ1n) is 10.1. The van der Waals surface area contributed by atoms with Crippen molar-refractivity contribution >= 4 is 27.1 Å². The molecule has 1 aliphatic heterocycles. The first kappa shape index (κ1) is 23.2. The van der Waals surface area contributed by atoms with E-state index in [1.54, 1.807) is 5.38 Å². The van der Waals surface area contributed by atoms with Gasteiger partial charge in [0.05, 0.1) is 25.0 Å². The molecule has 4 rings (SSSR count). The summed E-state index contributed by atoms with van der Waals surface area (Å²) in [4.78, 5) is 17.0. The average Bonchev–Trinajstić information content (AvgIpc) is 3.30. The molecule has 0 aliphatic carbocycles. The molecule has 10 heteroatoms. The predicted octanol–water partition coefficient (Wildman–Crippen LogP) is 3.77. The molecule has 33 heavy (non-hydrogen) atoms. The number of rotatable bonds is 6. The maximum absolute atomic E-state index is 14.5. The van der Waals surface area contributed by atoms with Crippen molar-refractivity contribution in [2.75, 3.05) is 26.3 Å². The number of hydrogen-bond acceptors (Lipinski definition) is 7. The Bertz CT molecular complexity index is 1320. The summed E-state index contributed by atoms with van der Waals surface area (Å²) in [5.41, 5.74) is 2.52. The lowest BCUT2D eigenvalue weighted by molar-refractivity contribution is 0.0729. The molecule has 0 saturated carbocycles. The van der Waals surface area contributed by atoms with Crippen LogP contribution >= 0.6 is 11.3 Å². The number of aryl methyl sites for hydroxylation is 1. The topological polar surface area (TPSA) is 100 Å². The maximum Gasteiger partial charge on any atom is 0.246 e. The first-order valence-corrected chi connectivity index (χ1v) is 12.5. The van der Waals surface area contributed by atoms with Crippen LogP contribution < -0.4 is 0 Å². The van der Waals surface area contributed by atoms with Gasteiger partial charge < -0.3 is 4.74 Å². The lowest BCUT2D eigenvalue weighted by atomic mass is 9.99. The molecule has 0 amide bonds. The number of thiazole rings is 1. The fourth-order valence-electron chi connectivity index (χ4n) is 3.45. The van der Waals surface area contributed by atoms with E-state index in [1.165, 1.54) is 17.4 Å². The molecule has 3 aromatic rings. The van der Waals surface area contributed by atoms with Gasteiger partial charge in [-0.05, 0) is 25.1 Å². The van der Waals surface area contributed by atoms with Crippen molar-refractivity contribution in [3.05, 3.63) is 69.8 Å². The molecule has 1 aliphatic rings. The lowest BCUT2D eigenvalue weighted by Crippen LogP contribution is -2.41. The van der Waals surface area contributed by atoms with Gasteiger partial charge in [0.15, 0.2) is 11.7 Å². The Morgan fingerprint density at radius 1 is 1.21 bits per heavy atom. The number of Topliss-reactive ketones (excluding diaryl/α,β-unsaturated/α-hetero) is 1. The van der Waals surface area contributed by atoms with Crippen molar-refractivity contribution in [3.63, 3.8) is 0 Å². The Balaban J connectivity index is 1.64. The van der Waals surface area contributed by atoms with Crippen LogP contribution in [0.15, 0.2) is 52.7 Å². The number of carbonyl (C=O) groups excluding carboxylic acids is 1. The number of carbonyl (C=O) groups is 1. The Morgan fingerprint density at radius 3 is 2.58 bits per heavy atom. The van der Waals surface area contributed by atoms with Crippen LogP contribution in [0.1, 0.15) is 26.8 Å². The van der Waals surface area contributed by atoms with E-state index in [0.717, 1.165) is 27.6 Å². The minimum absolute atomic E-state index is 0.0677. The van der Waals surface area contributed by atoms with Crippen molar-refractivity contribution in [2.45, 2.75) is 17.7 Å². The number of benzene rings is 2. The van der Waals surface area contributed by atoms with E-state index in [1.807, 2.05) is 37.3 Å². The summed E-state index contributed by atoms with van der Waals surface area (Å²) >= 11 is 1.17. The van der Waals surface area contributed by atoms with Crippen LogP contribution in [0.2, 0.25) is 0 Å². The number of morpholine rings is 1. The van der Waals surface area contributed by atoms with E-state index in [0.29, 0.717) is 10.7 Å². The Labute approximate surface area is 195 Å². The van der Waals surface area contributed by atoms with Gasteiger partial charge in [-0.25, -0.2) is 17.8 Å². The smallest absolute Gasteiger partial charge is 0.246 e. The summed E-state index contributed by atoms with van der Waals surface area (Å²) in [7, 11) is -4.15. The monoisotopic (exact) mass is 485 g/mol. The van der Waals surface area contributed by atoms with E-state index >= 15 is 0 Å². The predicted molar refractivity (Wildman–Crippen MR) is 121 cm³/mol. The molecule has 1 saturated heterocycles. The zero-order valence-electron chi connectivity index (χ0n) is 17.7. The minimum atomic E-state index is -4.15. The molecule has 170 valence electrons. The van der Waals surface area contributed by atoms with Crippen LogP contribution in [-0.4, -0.2) is 49.8 Å². The minimum Gasteiger partial charge on any atom is -0.379 e. The molecule has 0 spiro atoms. The third-order valence-corrected chi connectivity index (χ3v) is 8.13. The van der Waals surface area contributed by atoms with Crippen molar-refractivity contribution < 1.29 is 22.3 Å². The van der Waals surface area contributed by atoms with Crippen molar-refractivity contribution in [2.24, 2.45) is 0 Å². The third kappa shape index (κ3) is 4.72. The SMILES string of the molecule is Cc1ccc(-c2csc([C@@H](C#N)C(=O)c3ccc(F)c(S(=O)(=O)N4CCOCC4)c3)n2)cc1. The summed E-state index contributed by atoms with van der Waals surface area (Å²) in [6.45, 7) is 2.59. The van der Waals surface area contributed by atoms with Crippen LogP contribution in [0.25, 0.3) is 11.3 Å². The van der Waals surface area contributed by atoms with Gasteiger partial charge in [-0.3, -0.25) is 4.79 Å². The highest BCUT2D eigenvalue weighted by Gasteiger charge is 2.31. The van der Waals surface area contributed by atoms with E-state index in [2.05, 4.69) is 4.98 Å². The summed E-state index contributed by atoms with van der Waals surface area (Å²) in [5.74, 6) is -2.83. The highest BCUT2D eigenvalue weighted by molar-refractivity contribution is 7.89. The average molecular weight is 486 g/mol. The number of nitrogens with zero attached hydrogens (tertiary/aromatic N) is 3. The molecule has 1 aromatic heterocycles. The highest BCUT2D eigenvalue weighted by atomic mass is 32.2. The van der Waals surface area contributed by atoms with Crippen molar-refractivity contribution in [1.29, 1.82) is 5.26 Å². The van der Waals surface area contributed by atoms with E-state index in [4.69, 9.17) is 4.74 Å². The van der Waals surface area contributed by atoms with Crippen LogP contribution in [0.5, 0.6) is 0 Å². The zero-order valence-corrected chi connectivity index (χ0v) is 19.3. The molecule has 0 bridgehead atoms. The second-order valence-corrected chi connectivity index (χ2v) is 10.3. The largest absolute Gasteiger partial charge is 0.379 e. The zero-order chi connectivity index (χ0) is 23.6. The summed E-state index contributed by atoms with van der Waals surface area (Å²) in [6, 6.07) is 12.8. The Kier molecular flexibility index (Phi) is 6.67. The lowest BCUT2D eigenvalue weighted by Gasteiger charge is -2.26. The second kappa shape index (κ2) is 9.49. The van der Waals surface area contributed by atoms with Crippen molar-refractivity contribution in [1.82, 2.24) is 9.29 Å². The van der Waals surface area contributed by atoms with Gasteiger partial charge in [0, 0.05) is 29.6 Å². The molecule has 2 heterocycles.